The quantitative estimate of drug-likeness (QED) is 0.860. The molecule has 0 radical (unpaired) electrons. The van der Waals surface area contributed by atoms with Gasteiger partial charge in [0, 0.05) is 23.9 Å². The molecule has 24 heavy (non-hydrogen) atoms. The van der Waals surface area contributed by atoms with Crippen LogP contribution in [0, 0.1) is 17.3 Å². The Labute approximate surface area is 149 Å². The van der Waals surface area contributed by atoms with Crippen LogP contribution in [0.5, 0.6) is 0 Å². The average Bonchev–Trinajstić information content (AvgIpc) is 3.05. The van der Waals surface area contributed by atoms with E-state index < -0.39 is 0 Å². The van der Waals surface area contributed by atoms with Gasteiger partial charge in [-0.05, 0) is 81.1 Å². The molecule has 1 aliphatic carbocycles. The van der Waals surface area contributed by atoms with Crippen molar-refractivity contribution in [1.29, 1.82) is 0 Å². The van der Waals surface area contributed by atoms with Gasteiger partial charge in [0.2, 0.25) is 5.91 Å². The van der Waals surface area contributed by atoms with Crippen molar-refractivity contribution in [1.82, 2.24) is 15.5 Å². The minimum Gasteiger partial charge on any atom is -0.356 e. The number of thiophene rings is 1. The molecule has 2 aliphatic heterocycles. The monoisotopic (exact) mass is 347 g/mol. The number of hydrogen-bond donors (Lipinski definition) is 2. The van der Waals surface area contributed by atoms with Gasteiger partial charge in [-0.25, -0.2) is 0 Å². The molecule has 1 amide bonds. The molecule has 132 valence electrons. The molecule has 3 aliphatic rings. The Morgan fingerprint density at radius 2 is 2.12 bits per heavy atom. The van der Waals surface area contributed by atoms with Crippen molar-refractivity contribution in [3.63, 3.8) is 0 Å². The van der Waals surface area contributed by atoms with E-state index in [2.05, 4.69) is 33.0 Å². The van der Waals surface area contributed by atoms with Crippen LogP contribution in [0.4, 0.5) is 0 Å². The first-order valence-corrected chi connectivity index (χ1v) is 10.4. The molecule has 3 heterocycles. The van der Waals surface area contributed by atoms with Crippen molar-refractivity contribution in [3.05, 3.63) is 22.4 Å². The van der Waals surface area contributed by atoms with E-state index >= 15 is 0 Å². The Kier molecular flexibility index (Phi) is 4.93. The smallest absolute Gasteiger partial charge is 0.223 e. The lowest BCUT2D eigenvalue weighted by molar-refractivity contribution is -0.123. The van der Waals surface area contributed by atoms with Crippen LogP contribution in [-0.4, -0.2) is 43.5 Å². The fourth-order valence-corrected chi connectivity index (χ4v) is 5.28. The number of carbonyl (C=O) groups is 1. The standard InChI is InChI=1S/C19H29N3OS/c23-18(17-12-19(17)5-7-20-8-6-19)21-13-15-3-9-22(10-4-15)14-16-2-1-11-24-16/h1-2,11,15,17,20H,3-10,12-14H2,(H,21,23). The molecule has 1 atom stereocenters. The average molecular weight is 348 g/mol. The van der Waals surface area contributed by atoms with Gasteiger partial charge in [0.1, 0.15) is 0 Å². The van der Waals surface area contributed by atoms with E-state index in [1.165, 1.54) is 30.6 Å². The van der Waals surface area contributed by atoms with Gasteiger partial charge in [-0.15, -0.1) is 11.3 Å². The molecule has 4 nitrogen and oxygen atoms in total. The second-order valence-corrected chi connectivity index (χ2v) is 8.95. The van der Waals surface area contributed by atoms with Gasteiger partial charge >= 0.3 is 0 Å². The first kappa shape index (κ1) is 16.6. The van der Waals surface area contributed by atoms with E-state index in [1.807, 2.05) is 11.3 Å². The van der Waals surface area contributed by atoms with Crippen molar-refractivity contribution in [2.75, 3.05) is 32.7 Å². The van der Waals surface area contributed by atoms with E-state index in [4.69, 9.17) is 0 Å². The van der Waals surface area contributed by atoms with E-state index in [0.717, 1.165) is 45.7 Å². The van der Waals surface area contributed by atoms with Crippen molar-refractivity contribution >= 4 is 17.2 Å². The molecular formula is C19H29N3OS. The van der Waals surface area contributed by atoms with Gasteiger partial charge in [0.05, 0.1) is 0 Å². The van der Waals surface area contributed by atoms with Crippen molar-refractivity contribution < 1.29 is 4.79 Å². The Morgan fingerprint density at radius 3 is 2.83 bits per heavy atom. The second-order valence-electron chi connectivity index (χ2n) is 7.91. The summed E-state index contributed by atoms with van der Waals surface area (Å²) in [6.07, 6.45) is 5.93. The third-order valence-corrected chi connectivity index (χ3v) is 7.20. The number of carbonyl (C=O) groups excluding carboxylic acids is 1. The van der Waals surface area contributed by atoms with E-state index in [0.29, 0.717) is 23.2 Å². The van der Waals surface area contributed by atoms with Crippen LogP contribution in [0.1, 0.15) is 37.0 Å². The number of hydrogen-bond acceptors (Lipinski definition) is 4. The Morgan fingerprint density at radius 1 is 1.33 bits per heavy atom. The number of piperidine rings is 2. The van der Waals surface area contributed by atoms with Crippen LogP contribution < -0.4 is 10.6 Å². The Hall–Kier alpha value is -0.910. The Balaban J connectivity index is 1.16. The van der Waals surface area contributed by atoms with Crippen molar-refractivity contribution in [2.24, 2.45) is 17.3 Å². The van der Waals surface area contributed by atoms with Crippen molar-refractivity contribution in [3.8, 4) is 0 Å². The zero-order valence-corrected chi connectivity index (χ0v) is 15.2. The maximum absolute atomic E-state index is 12.5. The molecule has 4 rings (SSSR count). The number of nitrogens with zero attached hydrogens (tertiary/aromatic N) is 1. The maximum Gasteiger partial charge on any atom is 0.223 e. The topological polar surface area (TPSA) is 44.4 Å². The van der Waals surface area contributed by atoms with Crippen LogP contribution in [-0.2, 0) is 11.3 Å². The fourth-order valence-electron chi connectivity index (χ4n) is 4.54. The number of amides is 1. The molecule has 1 saturated carbocycles. The highest BCUT2D eigenvalue weighted by Crippen LogP contribution is 2.58. The van der Waals surface area contributed by atoms with Gasteiger partial charge < -0.3 is 10.6 Å². The minimum absolute atomic E-state index is 0.304. The summed E-state index contributed by atoms with van der Waals surface area (Å²) in [7, 11) is 0. The summed E-state index contributed by atoms with van der Waals surface area (Å²) in [6, 6.07) is 4.36. The van der Waals surface area contributed by atoms with Crippen molar-refractivity contribution in [2.45, 2.75) is 38.6 Å². The summed E-state index contributed by atoms with van der Waals surface area (Å²) in [6.45, 7) is 6.49. The molecule has 2 N–H and O–H groups in total. The highest BCUT2D eigenvalue weighted by Gasteiger charge is 2.57. The zero-order chi connectivity index (χ0) is 16.4. The molecule has 0 aromatic carbocycles. The van der Waals surface area contributed by atoms with Crippen LogP contribution in [0.2, 0.25) is 0 Å². The van der Waals surface area contributed by atoms with Gasteiger partial charge in [0.15, 0.2) is 0 Å². The summed E-state index contributed by atoms with van der Waals surface area (Å²) in [4.78, 5) is 16.5. The predicted octanol–water partition coefficient (Wildman–Crippen LogP) is 2.47. The lowest BCUT2D eigenvalue weighted by Crippen LogP contribution is -2.39. The summed E-state index contributed by atoms with van der Waals surface area (Å²) < 4.78 is 0. The Bertz CT molecular complexity index is 545. The second kappa shape index (κ2) is 7.14. The molecule has 0 bridgehead atoms. The number of rotatable bonds is 5. The molecule has 1 aromatic rings. The first-order valence-electron chi connectivity index (χ1n) is 9.48. The van der Waals surface area contributed by atoms with E-state index in [1.54, 1.807) is 0 Å². The number of nitrogens with one attached hydrogen (secondary N) is 2. The van der Waals surface area contributed by atoms with Gasteiger partial charge in [0.25, 0.3) is 0 Å². The van der Waals surface area contributed by atoms with Crippen LogP contribution in [0.25, 0.3) is 0 Å². The van der Waals surface area contributed by atoms with Crippen LogP contribution >= 0.6 is 11.3 Å². The summed E-state index contributed by atoms with van der Waals surface area (Å²) in [5.41, 5.74) is 0.361. The van der Waals surface area contributed by atoms with Gasteiger partial charge in [-0.2, -0.15) is 0 Å². The predicted molar refractivity (Wildman–Crippen MR) is 98.0 cm³/mol. The van der Waals surface area contributed by atoms with E-state index in [-0.39, 0.29) is 0 Å². The molecule has 3 fully saturated rings. The van der Waals surface area contributed by atoms with Gasteiger partial charge in [-0.1, -0.05) is 6.07 Å². The molecule has 1 spiro atoms. The zero-order valence-electron chi connectivity index (χ0n) is 14.4. The van der Waals surface area contributed by atoms with Crippen LogP contribution in [0.15, 0.2) is 17.5 Å². The van der Waals surface area contributed by atoms with Gasteiger partial charge in [-0.3, -0.25) is 9.69 Å². The highest BCUT2D eigenvalue weighted by atomic mass is 32.1. The molecule has 1 unspecified atom stereocenters. The fraction of sp³-hybridized carbons (Fsp3) is 0.737. The summed E-state index contributed by atoms with van der Waals surface area (Å²) >= 11 is 1.85. The minimum atomic E-state index is 0.304. The third-order valence-electron chi connectivity index (χ3n) is 6.34. The lowest BCUT2D eigenvalue weighted by Gasteiger charge is -2.31. The lowest BCUT2D eigenvalue weighted by atomic mass is 9.91. The third kappa shape index (κ3) is 3.68. The first-order chi connectivity index (χ1) is 11.8. The molecular weight excluding hydrogens is 318 g/mol. The normalized spacial score (nSPS) is 27.2. The highest BCUT2D eigenvalue weighted by molar-refractivity contribution is 7.09. The summed E-state index contributed by atoms with van der Waals surface area (Å²) in [5.74, 6) is 1.30. The maximum atomic E-state index is 12.5. The molecule has 2 saturated heterocycles. The van der Waals surface area contributed by atoms with E-state index in [9.17, 15) is 4.79 Å². The van der Waals surface area contributed by atoms with Crippen LogP contribution in [0.3, 0.4) is 0 Å². The SMILES string of the molecule is O=C(NCC1CCN(Cc2cccs2)CC1)C1CC12CCNCC2. The number of likely N-dealkylation sites (tertiary alicyclic amines) is 1. The molecule has 5 heteroatoms. The largest absolute Gasteiger partial charge is 0.356 e. The molecule has 1 aromatic heterocycles. The summed E-state index contributed by atoms with van der Waals surface area (Å²) in [5, 5.41) is 8.84.